The summed E-state index contributed by atoms with van der Waals surface area (Å²) >= 11 is 0. The minimum atomic E-state index is 0.111. The van der Waals surface area contributed by atoms with E-state index in [2.05, 4.69) is 15.2 Å². The van der Waals surface area contributed by atoms with E-state index in [4.69, 9.17) is 4.74 Å². The van der Waals surface area contributed by atoms with Crippen molar-refractivity contribution in [3.63, 3.8) is 0 Å². The Hall–Kier alpha value is -2.82. The maximum atomic E-state index is 9.75. The Balaban J connectivity index is 1.93. The Bertz CT molecular complexity index is 779. The van der Waals surface area contributed by atoms with Gasteiger partial charge in [-0.05, 0) is 32.0 Å². The lowest BCUT2D eigenvalue weighted by atomic mass is 10.1. The van der Waals surface area contributed by atoms with Crippen LogP contribution in [0.5, 0.6) is 11.5 Å². The van der Waals surface area contributed by atoms with Gasteiger partial charge in [0.25, 0.3) is 0 Å². The van der Waals surface area contributed by atoms with Gasteiger partial charge in [0.1, 0.15) is 0 Å². The summed E-state index contributed by atoms with van der Waals surface area (Å²) < 4.78 is 5.39. The van der Waals surface area contributed by atoms with E-state index in [1.54, 1.807) is 18.2 Å². The van der Waals surface area contributed by atoms with Crippen LogP contribution in [0.3, 0.4) is 0 Å². The van der Waals surface area contributed by atoms with Gasteiger partial charge in [0.15, 0.2) is 23.1 Å². The Morgan fingerprint density at radius 1 is 1.09 bits per heavy atom. The molecule has 2 aromatic carbocycles. The van der Waals surface area contributed by atoms with E-state index in [1.165, 1.54) is 5.56 Å². The van der Waals surface area contributed by atoms with Crippen molar-refractivity contribution < 1.29 is 9.84 Å². The van der Waals surface area contributed by atoms with Crippen molar-refractivity contribution in [1.82, 2.24) is 15.2 Å². The minimum absolute atomic E-state index is 0.111. The van der Waals surface area contributed by atoms with Crippen LogP contribution in [-0.2, 0) is 0 Å². The second-order valence-corrected chi connectivity index (χ2v) is 4.99. The number of ether oxygens (including phenoxy) is 1. The molecule has 1 aromatic heterocycles. The molecular formula is C17H17N3O2. The second kappa shape index (κ2) is 5.89. The smallest absolute Gasteiger partial charge is 0.181 e. The fourth-order valence-electron chi connectivity index (χ4n) is 2.16. The average Bonchev–Trinajstić information content (AvgIpc) is 3.00. The van der Waals surface area contributed by atoms with E-state index >= 15 is 0 Å². The third-order valence-corrected chi connectivity index (χ3v) is 3.33. The Kier molecular flexibility index (Phi) is 3.78. The molecule has 0 amide bonds. The highest BCUT2D eigenvalue weighted by molar-refractivity contribution is 5.64. The van der Waals surface area contributed by atoms with Crippen molar-refractivity contribution in [2.24, 2.45) is 0 Å². The first kappa shape index (κ1) is 14.1. The number of phenolic OH excluding ortho intramolecular Hbond substituents is 1. The molecule has 0 radical (unpaired) electrons. The van der Waals surface area contributed by atoms with Crippen LogP contribution in [0, 0.1) is 6.92 Å². The van der Waals surface area contributed by atoms with Crippen LogP contribution in [-0.4, -0.2) is 26.9 Å². The van der Waals surface area contributed by atoms with Crippen molar-refractivity contribution in [2.45, 2.75) is 13.8 Å². The molecule has 0 fully saturated rings. The molecular weight excluding hydrogens is 278 g/mol. The molecule has 112 valence electrons. The van der Waals surface area contributed by atoms with Gasteiger partial charge in [-0.2, -0.15) is 5.10 Å². The van der Waals surface area contributed by atoms with Gasteiger partial charge in [0, 0.05) is 11.1 Å². The number of nitrogens with one attached hydrogen (secondary N) is 1. The molecule has 2 N–H and O–H groups in total. The van der Waals surface area contributed by atoms with Crippen molar-refractivity contribution in [1.29, 1.82) is 0 Å². The SMILES string of the molecule is CCOc1cc(-c2n[nH]c(-c3ccc(C)cc3)n2)ccc1O. The van der Waals surface area contributed by atoms with Gasteiger partial charge in [0.2, 0.25) is 0 Å². The summed E-state index contributed by atoms with van der Waals surface area (Å²) in [6, 6.07) is 13.2. The van der Waals surface area contributed by atoms with Gasteiger partial charge in [0.05, 0.1) is 6.61 Å². The number of aromatic hydroxyl groups is 1. The molecule has 0 saturated carbocycles. The number of aromatic nitrogens is 3. The van der Waals surface area contributed by atoms with Crippen LogP contribution in [0.1, 0.15) is 12.5 Å². The number of phenols is 1. The van der Waals surface area contributed by atoms with Crippen LogP contribution in [0.15, 0.2) is 42.5 Å². The van der Waals surface area contributed by atoms with Crippen LogP contribution in [0.2, 0.25) is 0 Å². The summed E-state index contributed by atoms with van der Waals surface area (Å²) in [4.78, 5) is 4.51. The monoisotopic (exact) mass is 295 g/mol. The van der Waals surface area contributed by atoms with Gasteiger partial charge in [-0.1, -0.05) is 29.8 Å². The molecule has 0 atom stereocenters. The zero-order valence-corrected chi connectivity index (χ0v) is 12.5. The highest BCUT2D eigenvalue weighted by atomic mass is 16.5. The van der Waals surface area contributed by atoms with E-state index < -0.39 is 0 Å². The Labute approximate surface area is 128 Å². The highest BCUT2D eigenvalue weighted by Gasteiger charge is 2.10. The number of H-pyrrole nitrogens is 1. The topological polar surface area (TPSA) is 71.0 Å². The lowest BCUT2D eigenvalue weighted by Gasteiger charge is -2.06. The first-order chi connectivity index (χ1) is 10.7. The van der Waals surface area contributed by atoms with Gasteiger partial charge in [-0.15, -0.1) is 0 Å². The summed E-state index contributed by atoms with van der Waals surface area (Å²) in [5.74, 6) is 1.82. The number of aryl methyl sites for hydroxylation is 1. The van der Waals surface area contributed by atoms with Crippen LogP contribution in [0.4, 0.5) is 0 Å². The molecule has 0 saturated heterocycles. The molecule has 5 nitrogen and oxygen atoms in total. The molecule has 0 unspecified atom stereocenters. The molecule has 0 aliphatic heterocycles. The molecule has 0 bridgehead atoms. The van der Waals surface area contributed by atoms with Gasteiger partial charge < -0.3 is 9.84 Å². The molecule has 0 spiro atoms. The zero-order valence-electron chi connectivity index (χ0n) is 12.5. The lowest BCUT2D eigenvalue weighted by molar-refractivity contribution is 0.318. The second-order valence-electron chi connectivity index (χ2n) is 4.99. The first-order valence-corrected chi connectivity index (χ1v) is 7.13. The zero-order chi connectivity index (χ0) is 15.5. The number of nitrogens with zero attached hydrogens (tertiary/aromatic N) is 2. The predicted molar refractivity (Wildman–Crippen MR) is 84.8 cm³/mol. The quantitative estimate of drug-likeness (QED) is 0.772. The molecule has 1 heterocycles. The third kappa shape index (κ3) is 2.79. The van der Waals surface area contributed by atoms with E-state index in [9.17, 15) is 5.11 Å². The Morgan fingerprint density at radius 3 is 2.55 bits per heavy atom. The van der Waals surface area contributed by atoms with Crippen LogP contribution < -0.4 is 4.74 Å². The molecule has 3 rings (SSSR count). The summed E-state index contributed by atoms with van der Waals surface area (Å²) in [5, 5.41) is 16.9. The first-order valence-electron chi connectivity index (χ1n) is 7.13. The number of rotatable bonds is 4. The molecule has 22 heavy (non-hydrogen) atoms. The lowest BCUT2D eigenvalue weighted by Crippen LogP contribution is -1.92. The van der Waals surface area contributed by atoms with Gasteiger partial charge >= 0.3 is 0 Å². The fourth-order valence-corrected chi connectivity index (χ4v) is 2.16. The summed E-state index contributed by atoms with van der Waals surface area (Å²) in [5.41, 5.74) is 2.97. The third-order valence-electron chi connectivity index (χ3n) is 3.33. The predicted octanol–water partition coefficient (Wildman–Crippen LogP) is 3.55. The van der Waals surface area contributed by atoms with Crippen molar-refractivity contribution in [2.75, 3.05) is 6.61 Å². The summed E-state index contributed by atoms with van der Waals surface area (Å²) in [6.07, 6.45) is 0. The standard InChI is InChI=1S/C17H17N3O2/c1-3-22-15-10-13(8-9-14(15)21)17-18-16(19-20-17)12-6-4-11(2)5-7-12/h4-10,21H,3H2,1-2H3,(H,18,19,20). The largest absolute Gasteiger partial charge is 0.504 e. The van der Waals surface area contributed by atoms with Crippen LogP contribution >= 0.6 is 0 Å². The van der Waals surface area contributed by atoms with Crippen molar-refractivity contribution in [3.05, 3.63) is 48.0 Å². The number of benzene rings is 2. The average molecular weight is 295 g/mol. The van der Waals surface area contributed by atoms with Crippen molar-refractivity contribution in [3.8, 4) is 34.3 Å². The van der Waals surface area contributed by atoms with Crippen molar-refractivity contribution >= 4 is 0 Å². The molecule has 0 aliphatic rings. The van der Waals surface area contributed by atoms with E-state index in [0.29, 0.717) is 24.0 Å². The highest BCUT2D eigenvalue weighted by Crippen LogP contribution is 2.31. The fraction of sp³-hybridized carbons (Fsp3) is 0.176. The molecule has 5 heteroatoms. The van der Waals surface area contributed by atoms with E-state index in [1.807, 2.05) is 38.1 Å². The number of hydrogen-bond donors (Lipinski definition) is 2. The molecule has 0 aliphatic carbocycles. The minimum Gasteiger partial charge on any atom is -0.504 e. The normalized spacial score (nSPS) is 10.6. The van der Waals surface area contributed by atoms with Crippen LogP contribution in [0.25, 0.3) is 22.8 Å². The molecule has 3 aromatic rings. The van der Waals surface area contributed by atoms with E-state index in [-0.39, 0.29) is 5.75 Å². The number of hydrogen-bond acceptors (Lipinski definition) is 4. The van der Waals surface area contributed by atoms with Gasteiger partial charge in [-0.3, -0.25) is 5.10 Å². The summed E-state index contributed by atoms with van der Waals surface area (Å²) in [7, 11) is 0. The van der Waals surface area contributed by atoms with E-state index in [0.717, 1.165) is 11.1 Å². The van der Waals surface area contributed by atoms with Gasteiger partial charge in [-0.25, -0.2) is 4.98 Å². The maximum absolute atomic E-state index is 9.75. The number of aromatic amines is 1. The summed E-state index contributed by atoms with van der Waals surface area (Å²) in [6.45, 7) is 4.40. The maximum Gasteiger partial charge on any atom is 0.181 e. The Morgan fingerprint density at radius 2 is 1.82 bits per heavy atom.